The normalized spacial score (nSPS) is 15.3. The van der Waals surface area contributed by atoms with Gasteiger partial charge >= 0.3 is 0 Å². The summed E-state index contributed by atoms with van der Waals surface area (Å²) in [5.74, 6) is 0.299. The molecule has 2 aromatic heterocycles. The van der Waals surface area contributed by atoms with Crippen molar-refractivity contribution in [1.82, 2.24) is 19.3 Å². The summed E-state index contributed by atoms with van der Waals surface area (Å²) < 4.78 is 16.9. The Bertz CT molecular complexity index is 1430. The first-order valence-electron chi connectivity index (χ1n) is 10.7. The summed E-state index contributed by atoms with van der Waals surface area (Å²) in [6.07, 6.45) is 4.40. The van der Waals surface area contributed by atoms with Crippen molar-refractivity contribution in [3.8, 4) is 28.2 Å². The van der Waals surface area contributed by atoms with Crippen molar-refractivity contribution in [1.29, 1.82) is 0 Å². The molecule has 4 aromatic rings. The molecule has 0 fully saturated rings. The number of para-hydroxylation sites is 1. The Balaban J connectivity index is 1.71. The number of hydrogen-bond donors (Lipinski definition) is 3. The van der Waals surface area contributed by atoms with E-state index in [-0.39, 0.29) is 23.8 Å². The number of hydrogen-bond acceptors (Lipinski definition) is 7. The Morgan fingerprint density at radius 3 is 2.79 bits per heavy atom. The van der Waals surface area contributed by atoms with E-state index in [1.807, 2.05) is 24.3 Å². The van der Waals surface area contributed by atoms with Crippen LogP contribution in [-0.4, -0.2) is 37.3 Å². The van der Waals surface area contributed by atoms with Crippen LogP contribution in [0.4, 0.5) is 10.2 Å². The van der Waals surface area contributed by atoms with Crippen LogP contribution in [0.5, 0.6) is 0 Å². The maximum absolute atomic E-state index is 13.6. The molecule has 0 bridgehead atoms. The Morgan fingerprint density at radius 2 is 2.03 bits per heavy atom. The average molecular weight is 459 g/mol. The van der Waals surface area contributed by atoms with E-state index in [1.54, 1.807) is 23.0 Å². The molecule has 4 N–H and O–H groups in total. The molecule has 0 saturated heterocycles. The van der Waals surface area contributed by atoms with Crippen molar-refractivity contribution in [3.63, 3.8) is 0 Å². The minimum Gasteiger partial charge on any atom is -0.411 e. The number of rotatable bonds is 5. The van der Waals surface area contributed by atoms with Gasteiger partial charge in [-0.2, -0.15) is 5.10 Å². The Kier molecular flexibility index (Phi) is 5.64. The van der Waals surface area contributed by atoms with Gasteiger partial charge in [0.2, 0.25) is 0 Å². The van der Waals surface area contributed by atoms with Crippen molar-refractivity contribution in [2.24, 2.45) is 16.8 Å². The van der Waals surface area contributed by atoms with Crippen LogP contribution in [0, 0.1) is 11.7 Å². The lowest BCUT2D eigenvalue weighted by molar-refractivity contribution is 0.316. The van der Waals surface area contributed by atoms with E-state index >= 15 is 0 Å². The molecule has 0 aliphatic carbocycles. The van der Waals surface area contributed by atoms with Crippen LogP contribution in [0.15, 0.2) is 70.9 Å². The third kappa shape index (κ3) is 3.84. The van der Waals surface area contributed by atoms with Crippen molar-refractivity contribution in [2.75, 3.05) is 11.9 Å². The van der Waals surface area contributed by atoms with Crippen LogP contribution >= 0.6 is 0 Å². The first-order valence-corrected chi connectivity index (χ1v) is 10.7. The summed E-state index contributed by atoms with van der Waals surface area (Å²) >= 11 is 0. The first kappa shape index (κ1) is 21.5. The number of oxime groups is 1. The van der Waals surface area contributed by atoms with E-state index in [2.05, 4.69) is 15.5 Å². The highest BCUT2D eigenvalue weighted by molar-refractivity contribution is 5.88. The van der Waals surface area contributed by atoms with Gasteiger partial charge in [-0.15, -0.1) is 5.16 Å². The van der Waals surface area contributed by atoms with E-state index in [0.717, 1.165) is 5.56 Å². The maximum Gasteiger partial charge on any atom is 0.273 e. The second kappa shape index (κ2) is 8.91. The lowest BCUT2D eigenvalue weighted by Crippen LogP contribution is -2.29. The second-order valence-corrected chi connectivity index (χ2v) is 7.98. The third-order valence-corrected chi connectivity index (χ3v) is 5.82. The fourth-order valence-corrected chi connectivity index (χ4v) is 4.18. The Labute approximate surface area is 194 Å². The van der Waals surface area contributed by atoms with E-state index < -0.39 is 0 Å². The number of nitrogens with two attached hydrogens (primary N) is 1. The zero-order chi connectivity index (χ0) is 23.7. The topological polar surface area (TPSA) is 123 Å². The van der Waals surface area contributed by atoms with Crippen molar-refractivity contribution < 1.29 is 9.60 Å². The summed E-state index contributed by atoms with van der Waals surface area (Å²) in [6, 6.07) is 13.5. The number of nitrogens with zero attached hydrogens (tertiary/aromatic N) is 5. The van der Waals surface area contributed by atoms with Gasteiger partial charge in [0.25, 0.3) is 5.56 Å². The summed E-state index contributed by atoms with van der Waals surface area (Å²) in [4.78, 5) is 17.2. The van der Waals surface area contributed by atoms with Gasteiger partial charge in [-0.25, -0.2) is 14.1 Å². The summed E-state index contributed by atoms with van der Waals surface area (Å²) in [6.45, 7) is 1.29. The highest BCUT2D eigenvalue weighted by Gasteiger charge is 2.27. The molecule has 0 amide bonds. The fraction of sp³-hybridized carbons (Fsp3) is 0.167. The molecule has 1 aliphatic rings. The molecule has 5 rings (SSSR count). The monoisotopic (exact) mass is 459 g/mol. The highest BCUT2D eigenvalue weighted by Crippen LogP contribution is 2.38. The summed E-state index contributed by atoms with van der Waals surface area (Å²) in [5.41, 5.74) is 9.61. The molecule has 10 heteroatoms. The lowest BCUT2D eigenvalue weighted by Gasteiger charge is -2.22. The molecular formula is C24H22FN7O2. The average Bonchev–Trinajstić information content (AvgIpc) is 3.24. The third-order valence-electron chi connectivity index (χ3n) is 5.82. The number of halogens is 1. The zero-order valence-electron chi connectivity index (χ0n) is 18.1. The number of nitrogens with one attached hydrogen (secondary N) is 1. The number of benzene rings is 2. The predicted molar refractivity (Wildman–Crippen MR) is 127 cm³/mol. The van der Waals surface area contributed by atoms with Crippen LogP contribution in [0.1, 0.15) is 5.56 Å². The van der Waals surface area contributed by atoms with Gasteiger partial charge in [-0.05, 0) is 35.9 Å². The molecule has 9 nitrogen and oxygen atoms in total. The van der Waals surface area contributed by atoms with E-state index in [4.69, 9.17) is 16.0 Å². The molecule has 0 saturated carbocycles. The van der Waals surface area contributed by atoms with Crippen LogP contribution in [-0.2, 0) is 13.1 Å². The van der Waals surface area contributed by atoms with Gasteiger partial charge in [-0.1, -0.05) is 18.2 Å². The van der Waals surface area contributed by atoms with Gasteiger partial charge in [0.1, 0.15) is 17.3 Å². The van der Waals surface area contributed by atoms with E-state index in [1.165, 1.54) is 29.1 Å². The molecule has 1 unspecified atom stereocenters. The molecule has 34 heavy (non-hydrogen) atoms. The SMILES string of the molecule is NCc1ccccc1-n1cc(-c2c(-c3ccc(F)cc3)nn3c2NCC(C=NO)C3)ncc1=O. The smallest absolute Gasteiger partial charge is 0.273 e. The van der Waals surface area contributed by atoms with Crippen molar-refractivity contribution >= 4 is 12.0 Å². The fourth-order valence-electron chi connectivity index (χ4n) is 4.18. The lowest BCUT2D eigenvalue weighted by atomic mass is 10.0. The largest absolute Gasteiger partial charge is 0.411 e. The second-order valence-electron chi connectivity index (χ2n) is 7.98. The molecule has 1 atom stereocenters. The molecule has 0 radical (unpaired) electrons. The van der Waals surface area contributed by atoms with Crippen LogP contribution in [0.2, 0.25) is 0 Å². The Morgan fingerprint density at radius 1 is 1.24 bits per heavy atom. The molecule has 172 valence electrons. The quantitative estimate of drug-likeness (QED) is 0.240. The predicted octanol–water partition coefficient (Wildman–Crippen LogP) is 2.86. The highest BCUT2D eigenvalue weighted by atomic mass is 19.1. The molecular weight excluding hydrogens is 437 g/mol. The standard InChI is InChI=1S/C24H22FN7O2/c25-18-7-5-16(6-8-18)23-22(24-28-10-15(11-29-34)13-32(24)30-23)19-14-31(21(33)12-27-19)20-4-2-1-3-17(20)9-26/h1-8,11-12,14-15,28,34H,9-10,13,26H2. The van der Waals surface area contributed by atoms with Gasteiger partial charge in [0, 0.05) is 30.8 Å². The summed E-state index contributed by atoms with van der Waals surface area (Å²) in [7, 11) is 0. The van der Waals surface area contributed by atoms with Gasteiger partial charge in [0.15, 0.2) is 0 Å². The van der Waals surface area contributed by atoms with Gasteiger partial charge in [0.05, 0.1) is 35.9 Å². The molecule has 0 spiro atoms. The van der Waals surface area contributed by atoms with E-state index in [0.29, 0.717) is 47.1 Å². The first-order chi connectivity index (χ1) is 16.6. The summed E-state index contributed by atoms with van der Waals surface area (Å²) in [5, 5.41) is 20.2. The van der Waals surface area contributed by atoms with Crippen LogP contribution in [0.3, 0.4) is 0 Å². The minimum absolute atomic E-state index is 0.0651. The van der Waals surface area contributed by atoms with Crippen molar-refractivity contribution in [3.05, 3.63) is 82.7 Å². The van der Waals surface area contributed by atoms with Gasteiger partial charge in [-0.3, -0.25) is 9.36 Å². The minimum atomic E-state index is -0.350. The van der Waals surface area contributed by atoms with Crippen molar-refractivity contribution in [2.45, 2.75) is 13.1 Å². The molecule has 3 heterocycles. The van der Waals surface area contributed by atoms with Gasteiger partial charge < -0.3 is 16.3 Å². The number of anilines is 1. The number of aromatic nitrogens is 4. The maximum atomic E-state index is 13.6. The zero-order valence-corrected chi connectivity index (χ0v) is 18.1. The van der Waals surface area contributed by atoms with Crippen LogP contribution < -0.4 is 16.6 Å². The number of fused-ring (bicyclic) bond motifs is 1. The van der Waals surface area contributed by atoms with Crippen LogP contribution in [0.25, 0.3) is 28.2 Å². The Hall–Kier alpha value is -4.31. The van der Waals surface area contributed by atoms with E-state index in [9.17, 15) is 9.18 Å². The molecule has 1 aliphatic heterocycles. The molecule has 2 aromatic carbocycles.